The molecule has 42 heavy (non-hydrogen) atoms. The third kappa shape index (κ3) is 7.92. The molecule has 1 aliphatic heterocycles. The molecule has 0 amide bonds. The van der Waals surface area contributed by atoms with Gasteiger partial charge in [-0.1, -0.05) is 25.4 Å². The highest BCUT2D eigenvalue weighted by Crippen LogP contribution is 2.43. The molecule has 0 saturated carbocycles. The number of aryl methyl sites for hydroxylation is 1. The van der Waals surface area contributed by atoms with E-state index in [1.807, 2.05) is 83.5 Å². The summed E-state index contributed by atoms with van der Waals surface area (Å²) in [6, 6.07) is 11.3. The lowest BCUT2D eigenvalue weighted by Gasteiger charge is -2.40. The molecule has 1 aromatic carbocycles. The van der Waals surface area contributed by atoms with Crippen molar-refractivity contribution in [2.45, 2.75) is 66.1 Å². The lowest BCUT2D eigenvalue weighted by molar-refractivity contribution is -0.160. The number of halogens is 1. The highest BCUT2D eigenvalue weighted by molar-refractivity contribution is 6.30. The molecule has 0 bridgehead atoms. The highest BCUT2D eigenvalue weighted by atomic mass is 35.5. The van der Waals surface area contributed by atoms with Crippen molar-refractivity contribution < 1.29 is 19.4 Å². The Morgan fingerprint density at radius 3 is 2.33 bits per heavy atom. The van der Waals surface area contributed by atoms with E-state index in [1.165, 1.54) is 0 Å². The molecule has 3 aromatic rings. The van der Waals surface area contributed by atoms with Gasteiger partial charge in [0.25, 0.3) is 0 Å². The third-order valence-corrected chi connectivity index (χ3v) is 7.90. The second-order valence-electron chi connectivity index (χ2n) is 12.7. The quantitative estimate of drug-likeness (QED) is 0.264. The van der Waals surface area contributed by atoms with Crippen LogP contribution in [-0.2, 0) is 9.53 Å². The number of carboxylic acids is 1. The highest BCUT2D eigenvalue weighted by Gasteiger charge is 2.36. The van der Waals surface area contributed by atoms with Crippen molar-refractivity contribution in [3.63, 3.8) is 0 Å². The maximum Gasteiger partial charge on any atom is 0.337 e. The predicted molar refractivity (Wildman–Crippen MR) is 169 cm³/mol. The molecule has 2 aromatic heterocycles. The standard InChI is InChI=1S/C33H43ClN4O4/c1-22-28(30(31(39)40)42-32(2,3)4)29(38-16-14-33(5,6)15-17-38)26(21-35-22)27-13-10-24(20-36-27)37(7)18-19-41-25-11-8-23(34)9-12-25/h8-13,20-21,30H,14-19H2,1-7H3,(H,39,40)/t30-/m0/s1. The molecular formula is C33H43ClN4O4. The second-order valence-corrected chi connectivity index (χ2v) is 13.2. The lowest BCUT2D eigenvalue weighted by Crippen LogP contribution is -2.39. The number of carboxylic acid groups (broad SMARTS) is 1. The van der Waals surface area contributed by atoms with E-state index in [1.54, 1.807) is 0 Å². The first-order chi connectivity index (χ1) is 19.7. The number of rotatable bonds is 10. The number of ether oxygens (including phenoxy) is 2. The fourth-order valence-corrected chi connectivity index (χ4v) is 5.23. The second kappa shape index (κ2) is 12.9. The van der Waals surface area contributed by atoms with Gasteiger partial charge in [-0.15, -0.1) is 0 Å². The summed E-state index contributed by atoms with van der Waals surface area (Å²) < 4.78 is 12.0. The van der Waals surface area contributed by atoms with Crippen LogP contribution in [0.25, 0.3) is 11.3 Å². The molecule has 1 fully saturated rings. The molecule has 0 aliphatic carbocycles. The number of benzene rings is 1. The number of aromatic nitrogens is 2. The third-order valence-electron chi connectivity index (χ3n) is 7.65. The van der Waals surface area contributed by atoms with Gasteiger partial charge in [0, 0.05) is 48.2 Å². The van der Waals surface area contributed by atoms with Crippen LogP contribution in [0.15, 0.2) is 48.8 Å². The largest absolute Gasteiger partial charge is 0.492 e. The molecule has 1 saturated heterocycles. The number of anilines is 2. The van der Waals surface area contributed by atoms with Gasteiger partial charge in [0.05, 0.1) is 35.4 Å². The van der Waals surface area contributed by atoms with Crippen LogP contribution in [0.3, 0.4) is 0 Å². The molecule has 8 nitrogen and oxygen atoms in total. The maximum absolute atomic E-state index is 12.6. The van der Waals surface area contributed by atoms with Crippen molar-refractivity contribution in [1.29, 1.82) is 0 Å². The Kier molecular flexibility index (Phi) is 9.68. The number of aliphatic carboxylic acids is 1. The molecule has 226 valence electrons. The summed E-state index contributed by atoms with van der Waals surface area (Å²) >= 11 is 5.96. The van der Waals surface area contributed by atoms with E-state index in [2.05, 4.69) is 28.6 Å². The van der Waals surface area contributed by atoms with Crippen LogP contribution in [-0.4, -0.2) is 59.9 Å². The summed E-state index contributed by atoms with van der Waals surface area (Å²) in [5.74, 6) is -0.260. The van der Waals surface area contributed by atoms with E-state index in [9.17, 15) is 9.90 Å². The Balaban J connectivity index is 1.64. The number of piperidine rings is 1. The van der Waals surface area contributed by atoms with Crippen molar-refractivity contribution in [3.8, 4) is 17.0 Å². The van der Waals surface area contributed by atoms with Gasteiger partial charge in [-0.3, -0.25) is 9.97 Å². The van der Waals surface area contributed by atoms with Crippen molar-refractivity contribution in [1.82, 2.24) is 9.97 Å². The summed E-state index contributed by atoms with van der Waals surface area (Å²) in [6.45, 7) is 14.8. The first-order valence-corrected chi connectivity index (χ1v) is 14.8. The molecule has 1 atom stereocenters. The Morgan fingerprint density at radius 1 is 1.10 bits per heavy atom. The minimum Gasteiger partial charge on any atom is -0.492 e. The molecule has 0 radical (unpaired) electrons. The fourth-order valence-electron chi connectivity index (χ4n) is 5.10. The average Bonchev–Trinajstić information content (AvgIpc) is 2.92. The van der Waals surface area contributed by atoms with Crippen molar-refractivity contribution in [2.75, 3.05) is 43.1 Å². The van der Waals surface area contributed by atoms with Crippen molar-refractivity contribution in [2.24, 2.45) is 5.41 Å². The van der Waals surface area contributed by atoms with E-state index < -0.39 is 17.7 Å². The van der Waals surface area contributed by atoms with Crippen LogP contribution in [0.5, 0.6) is 5.75 Å². The topological polar surface area (TPSA) is 88.0 Å². The molecule has 0 unspecified atom stereocenters. The molecule has 1 N–H and O–H groups in total. The summed E-state index contributed by atoms with van der Waals surface area (Å²) in [5, 5.41) is 11.0. The zero-order valence-electron chi connectivity index (χ0n) is 25.8. The Bertz CT molecular complexity index is 1360. The SMILES string of the molecule is Cc1ncc(-c2ccc(N(C)CCOc3ccc(Cl)cc3)cn2)c(N2CCC(C)(C)CC2)c1[C@H](OC(C)(C)C)C(=O)O. The molecule has 0 spiro atoms. The number of hydrogen-bond acceptors (Lipinski definition) is 7. The zero-order chi connectivity index (χ0) is 30.7. The summed E-state index contributed by atoms with van der Waals surface area (Å²) in [4.78, 5) is 26.5. The Morgan fingerprint density at radius 2 is 1.76 bits per heavy atom. The smallest absolute Gasteiger partial charge is 0.337 e. The van der Waals surface area contributed by atoms with Gasteiger partial charge in [-0.25, -0.2) is 4.79 Å². The Hall–Kier alpha value is -3.36. The van der Waals surface area contributed by atoms with E-state index in [0.717, 1.165) is 54.3 Å². The average molecular weight is 595 g/mol. The van der Waals surface area contributed by atoms with Crippen molar-refractivity contribution >= 4 is 28.9 Å². The molecule has 4 rings (SSSR count). The van der Waals surface area contributed by atoms with E-state index in [0.29, 0.717) is 29.4 Å². The number of hydrogen-bond donors (Lipinski definition) is 1. The number of nitrogens with zero attached hydrogens (tertiary/aromatic N) is 4. The molecular weight excluding hydrogens is 552 g/mol. The summed E-state index contributed by atoms with van der Waals surface area (Å²) in [6.07, 6.45) is 4.49. The van der Waals surface area contributed by atoms with Crippen LogP contribution in [0.1, 0.15) is 64.8 Å². The number of pyridine rings is 2. The van der Waals surface area contributed by atoms with E-state index in [-0.39, 0.29) is 5.41 Å². The normalized spacial score (nSPS) is 15.8. The van der Waals surface area contributed by atoms with E-state index >= 15 is 0 Å². The molecule has 1 aliphatic rings. The van der Waals surface area contributed by atoms with Gasteiger partial charge in [-0.2, -0.15) is 0 Å². The predicted octanol–water partition coefficient (Wildman–Crippen LogP) is 7.19. The lowest BCUT2D eigenvalue weighted by atomic mass is 9.82. The monoisotopic (exact) mass is 594 g/mol. The minimum absolute atomic E-state index is 0.231. The van der Waals surface area contributed by atoms with Crippen molar-refractivity contribution in [3.05, 3.63) is 65.1 Å². The van der Waals surface area contributed by atoms with Gasteiger partial charge >= 0.3 is 5.97 Å². The first kappa shape index (κ1) is 31.6. The van der Waals surface area contributed by atoms with Crippen LogP contribution in [0, 0.1) is 12.3 Å². The number of carbonyl (C=O) groups is 1. The van der Waals surface area contributed by atoms with Gasteiger partial charge in [0.2, 0.25) is 0 Å². The van der Waals surface area contributed by atoms with Crippen LogP contribution >= 0.6 is 11.6 Å². The molecule has 9 heteroatoms. The summed E-state index contributed by atoms with van der Waals surface area (Å²) in [7, 11) is 2.00. The van der Waals surface area contributed by atoms with Crippen LogP contribution < -0.4 is 14.5 Å². The molecule has 3 heterocycles. The van der Waals surface area contributed by atoms with Gasteiger partial charge in [0.15, 0.2) is 6.10 Å². The van der Waals surface area contributed by atoms with E-state index in [4.69, 9.17) is 26.1 Å². The van der Waals surface area contributed by atoms with Gasteiger partial charge in [-0.05, 0) is 82.3 Å². The number of likely N-dealkylation sites (N-methyl/N-ethyl adjacent to an activating group) is 1. The maximum atomic E-state index is 12.6. The van der Waals surface area contributed by atoms with Gasteiger partial charge in [0.1, 0.15) is 12.4 Å². The van der Waals surface area contributed by atoms with Crippen LogP contribution in [0.2, 0.25) is 5.02 Å². The fraction of sp³-hybridized carbons (Fsp3) is 0.485. The first-order valence-electron chi connectivity index (χ1n) is 14.4. The minimum atomic E-state index is -1.16. The Labute approximate surface area is 254 Å². The van der Waals surface area contributed by atoms with Crippen LogP contribution in [0.4, 0.5) is 11.4 Å². The van der Waals surface area contributed by atoms with Gasteiger partial charge < -0.3 is 24.4 Å². The summed E-state index contributed by atoms with van der Waals surface area (Å²) in [5.41, 5.74) is 4.14. The zero-order valence-corrected chi connectivity index (χ0v) is 26.5.